The van der Waals surface area contributed by atoms with Crippen LogP contribution in [-0.4, -0.2) is 15.8 Å². The largest absolute Gasteiger partial charge is 0.449 e. The number of ketones is 1. The number of rotatable bonds is 2. The molecule has 0 aromatic carbocycles. The Kier molecular flexibility index (Phi) is 2.33. The fraction of sp³-hybridized carbons (Fsp3) is 0.182. The van der Waals surface area contributed by atoms with E-state index in [2.05, 4.69) is 9.97 Å². The van der Waals surface area contributed by atoms with Gasteiger partial charge in [0.15, 0.2) is 5.89 Å². The SMILES string of the molecule is Cc1cncc(C(=O)c2coc(C)n2)c1. The van der Waals surface area contributed by atoms with Gasteiger partial charge in [-0.3, -0.25) is 9.78 Å². The molecule has 0 unspecified atom stereocenters. The van der Waals surface area contributed by atoms with E-state index >= 15 is 0 Å². The maximum Gasteiger partial charge on any atom is 0.216 e. The summed E-state index contributed by atoms with van der Waals surface area (Å²) in [6.07, 6.45) is 4.59. The van der Waals surface area contributed by atoms with Gasteiger partial charge in [0, 0.05) is 24.9 Å². The number of oxazole rings is 1. The molecule has 0 aliphatic carbocycles. The van der Waals surface area contributed by atoms with Crippen molar-refractivity contribution in [2.24, 2.45) is 0 Å². The summed E-state index contributed by atoms with van der Waals surface area (Å²) in [5.41, 5.74) is 1.80. The zero-order chi connectivity index (χ0) is 10.8. The molecule has 2 rings (SSSR count). The lowest BCUT2D eigenvalue weighted by Crippen LogP contribution is -2.02. The summed E-state index contributed by atoms with van der Waals surface area (Å²) >= 11 is 0. The maximum atomic E-state index is 11.8. The van der Waals surface area contributed by atoms with Gasteiger partial charge in [0.1, 0.15) is 12.0 Å². The van der Waals surface area contributed by atoms with Crippen molar-refractivity contribution in [3.05, 3.63) is 47.4 Å². The predicted molar refractivity (Wildman–Crippen MR) is 53.6 cm³/mol. The van der Waals surface area contributed by atoms with E-state index in [-0.39, 0.29) is 5.78 Å². The van der Waals surface area contributed by atoms with Crippen molar-refractivity contribution in [3.63, 3.8) is 0 Å². The number of aromatic nitrogens is 2. The summed E-state index contributed by atoms with van der Waals surface area (Å²) in [7, 11) is 0. The lowest BCUT2D eigenvalue weighted by atomic mass is 10.1. The number of carbonyl (C=O) groups excluding carboxylic acids is 1. The number of nitrogens with zero attached hydrogens (tertiary/aromatic N) is 2. The first-order valence-electron chi connectivity index (χ1n) is 4.55. The zero-order valence-electron chi connectivity index (χ0n) is 8.52. The summed E-state index contributed by atoms with van der Waals surface area (Å²) in [6.45, 7) is 3.59. The zero-order valence-corrected chi connectivity index (χ0v) is 8.52. The van der Waals surface area contributed by atoms with E-state index in [1.807, 2.05) is 6.92 Å². The van der Waals surface area contributed by atoms with Gasteiger partial charge in [0.2, 0.25) is 5.78 Å². The van der Waals surface area contributed by atoms with Crippen LogP contribution in [0.15, 0.2) is 29.1 Å². The Hall–Kier alpha value is -1.97. The molecule has 2 heterocycles. The Bertz CT molecular complexity index is 503. The Morgan fingerprint density at radius 2 is 2.13 bits per heavy atom. The smallest absolute Gasteiger partial charge is 0.216 e. The molecule has 76 valence electrons. The Morgan fingerprint density at radius 1 is 1.33 bits per heavy atom. The molecule has 4 heteroatoms. The lowest BCUT2D eigenvalue weighted by Gasteiger charge is -1.97. The van der Waals surface area contributed by atoms with E-state index in [9.17, 15) is 4.79 Å². The van der Waals surface area contributed by atoms with E-state index < -0.39 is 0 Å². The highest BCUT2D eigenvalue weighted by molar-refractivity contribution is 6.07. The van der Waals surface area contributed by atoms with Gasteiger partial charge >= 0.3 is 0 Å². The van der Waals surface area contributed by atoms with E-state index in [1.165, 1.54) is 12.5 Å². The molecule has 0 N–H and O–H groups in total. The van der Waals surface area contributed by atoms with Crippen LogP contribution < -0.4 is 0 Å². The van der Waals surface area contributed by atoms with Gasteiger partial charge in [-0.2, -0.15) is 0 Å². The summed E-state index contributed by atoms with van der Waals surface area (Å²) in [5.74, 6) is 0.321. The van der Waals surface area contributed by atoms with Gasteiger partial charge in [-0.25, -0.2) is 4.98 Å². The van der Waals surface area contributed by atoms with Crippen LogP contribution in [0.25, 0.3) is 0 Å². The van der Waals surface area contributed by atoms with Crippen molar-refractivity contribution < 1.29 is 9.21 Å². The van der Waals surface area contributed by atoms with Crippen LogP contribution in [0.5, 0.6) is 0 Å². The minimum atomic E-state index is -0.164. The normalized spacial score (nSPS) is 10.3. The summed E-state index contributed by atoms with van der Waals surface area (Å²) in [5, 5.41) is 0. The van der Waals surface area contributed by atoms with E-state index in [1.54, 1.807) is 19.2 Å². The van der Waals surface area contributed by atoms with Crippen LogP contribution >= 0.6 is 0 Å². The molecular formula is C11H10N2O2. The average Bonchev–Trinajstić information content (AvgIpc) is 2.64. The number of aryl methyl sites for hydroxylation is 2. The highest BCUT2D eigenvalue weighted by atomic mass is 16.3. The fourth-order valence-electron chi connectivity index (χ4n) is 1.29. The topological polar surface area (TPSA) is 56.0 Å². The van der Waals surface area contributed by atoms with E-state index in [4.69, 9.17) is 4.42 Å². The van der Waals surface area contributed by atoms with Crippen LogP contribution in [0.4, 0.5) is 0 Å². The van der Waals surface area contributed by atoms with Crippen LogP contribution in [0.1, 0.15) is 27.5 Å². The number of hydrogen-bond donors (Lipinski definition) is 0. The molecular weight excluding hydrogens is 192 g/mol. The third kappa shape index (κ3) is 1.93. The molecule has 0 amide bonds. The number of pyridine rings is 1. The van der Waals surface area contributed by atoms with Gasteiger partial charge in [0.25, 0.3) is 0 Å². The maximum absolute atomic E-state index is 11.8. The summed E-state index contributed by atoms with van der Waals surface area (Å²) < 4.78 is 4.99. The molecule has 0 spiro atoms. The summed E-state index contributed by atoms with van der Waals surface area (Å²) in [4.78, 5) is 19.8. The van der Waals surface area contributed by atoms with Crippen LogP contribution in [0, 0.1) is 13.8 Å². The second-order valence-corrected chi connectivity index (χ2v) is 3.33. The van der Waals surface area contributed by atoms with Crippen molar-refractivity contribution >= 4 is 5.78 Å². The second kappa shape index (κ2) is 3.65. The van der Waals surface area contributed by atoms with Crippen molar-refractivity contribution in [1.82, 2.24) is 9.97 Å². The molecule has 2 aromatic heterocycles. The third-order valence-electron chi connectivity index (χ3n) is 1.99. The standard InChI is InChI=1S/C11H10N2O2/c1-7-3-9(5-12-4-7)11(14)10-6-15-8(2)13-10/h3-6H,1-2H3. The van der Waals surface area contributed by atoms with Crippen LogP contribution in [0.2, 0.25) is 0 Å². The fourth-order valence-corrected chi connectivity index (χ4v) is 1.29. The third-order valence-corrected chi connectivity index (χ3v) is 1.99. The molecule has 0 atom stereocenters. The van der Waals surface area contributed by atoms with Gasteiger partial charge in [-0.1, -0.05) is 0 Å². The average molecular weight is 202 g/mol. The van der Waals surface area contributed by atoms with E-state index in [0.29, 0.717) is 17.1 Å². The molecule has 0 aliphatic rings. The molecule has 0 saturated heterocycles. The first-order chi connectivity index (χ1) is 7.16. The van der Waals surface area contributed by atoms with Crippen molar-refractivity contribution in [1.29, 1.82) is 0 Å². The van der Waals surface area contributed by atoms with Crippen molar-refractivity contribution in [3.8, 4) is 0 Å². The molecule has 2 aromatic rings. The Balaban J connectivity index is 2.36. The number of hydrogen-bond acceptors (Lipinski definition) is 4. The Labute approximate surface area is 87.0 Å². The lowest BCUT2D eigenvalue weighted by molar-refractivity contribution is 0.103. The molecule has 0 bridgehead atoms. The quantitative estimate of drug-likeness (QED) is 0.698. The van der Waals surface area contributed by atoms with Crippen molar-refractivity contribution in [2.45, 2.75) is 13.8 Å². The molecule has 0 radical (unpaired) electrons. The van der Waals surface area contributed by atoms with Crippen LogP contribution in [-0.2, 0) is 0 Å². The van der Waals surface area contributed by atoms with Gasteiger partial charge in [-0.15, -0.1) is 0 Å². The minimum absolute atomic E-state index is 0.164. The highest BCUT2D eigenvalue weighted by Gasteiger charge is 2.13. The molecule has 15 heavy (non-hydrogen) atoms. The Morgan fingerprint density at radius 3 is 2.73 bits per heavy atom. The van der Waals surface area contributed by atoms with Gasteiger partial charge < -0.3 is 4.42 Å². The highest BCUT2D eigenvalue weighted by Crippen LogP contribution is 2.09. The van der Waals surface area contributed by atoms with Crippen molar-refractivity contribution in [2.75, 3.05) is 0 Å². The van der Waals surface area contributed by atoms with Gasteiger partial charge in [-0.05, 0) is 18.6 Å². The van der Waals surface area contributed by atoms with E-state index in [0.717, 1.165) is 5.56 Å². The van der Waals surface area contributed by atoms with Crippen LogP contribution in [0.3, 0.4) is 0 Å². The second-order valence-electron chi connectivity index (χ2n) is 3.33. The molecule has 0 aliphatic heterocycles. The molecule has 0 saturated carbocycles. The first kappa shape index (κ1) is 9.58. The monoisotopic (exact) mass is 202 g/mol. The number of carbonyl (C=O) groups is 1. The molecule has 0 fully saturated rings. The molecule has 4 nitrogen and oxygen atoms in total. The predicted octanol–water partition coefficient (Wildman–Crippen LogP) is 1.92. The minimum Gasteiger partial charge on any atom is -0.449 e. The summed E-state index contributed by atoms with van der Waals surface area (Å²) in [6, 6.07) is 1.78. The first-order valence-corrected chi connectivity index (χ1v) is 4.55. The van der Waals surface area contributed by atoms with Gasteiger partial charge in [0.05, 0.1) is 0 Å².